The van der Waals surface area contributed by atoms with Crippen molar-refractivity contribution in [3.63, 3.8) is 0 Å². The van der Waals surface area contributed by atoms with Crippen LogP contribution < -0.4 is 5.32 Å². The van der Waals surface area contributed by atoms with E-state index in [1.165, 1.54) is 23.5 Å². The van der Waals surface area contributed by atoms with Crippen LogP contribution in [0, 0.1) is 6.92 Å². The fraction of sp³-hybridized carbons (Fsp3) is 0.727. The Morgan fingerprint density at radius 2 is 2.53 bits per heavy atom. The lowest BCUT2D eigenvalue weighted by Gasteiger charge is -2.21. The molecule has 0 amide bonds. The highest BCUT2D eigenvalue weighted by molar-refractivity contribution is 7.09. The number of nitrogens with one attached hydrogen (secondary N) is 1. The summed E-state index contributed by atoms with van der Waals surface area (Å²) in [4.78, 5) is 8.25. The molecule has 15 heavy (non-hydrogen) atoms. The monoisotopic (exact) mass is 225 g/mol. The summed E-state index contributed by atoms with van der Waals surface area (Å²) in [6, 6.07) is 0.612. The van der Waals surface area contributed by atoms with E-state index in [1.54, 1.807) is 11.3 Å². The number of thiazole rings is 1. The van der Waals surface area contributed by atoms with Gasteiger partial charge in [0, 0.05) is 24.0 Å². The lowest BCUT2D eigenvalue weighted by atomic mass is 10.3. The van der Waals surface area contributed by atoms with Crippen molar-refractivity contribution >= 4 is 11.3 Å². The molecule has 1 aliphatic rings. The summed E-state index contributed by atoms with van der Waals surface area (Å²) in [7, 11) is 0. The first kappa shape index (κ1) is 11.0. The molecule has 0 aliphatic carbocycles. The molecule has 3 nitrogen and oxygen atoms in total. The standard InChI is InChI=1S/C11H19N3S/c1-9-6-14(5-3-4-12-9)7-11-10(2)13-8-15-11/h8-9,12H,3-7H2,1-2H3. The molecule has 1 unspecified atom stereocenters. The smallest absolute Gasteiger partial charge is 0.0798 e. The first-order chi connectivity index (χ1) is 7.25. The first-order valence-electron chi connectivity index (χ1n) is 5.60. The Balaban J connectivity index is 1.96. The minimum atomic E-state index is 0.612. The molecular weight excluding hydrogens is 206 g/mol. The van der Waals surface area contributed by atoms with Crippen LogP contribution in [0.25, 0.3) is 0 Å². The maximum atomic E-state index is 4.30. The number of hydrogen-bond acceptors (Lipinski definition) is 4. The largest absolute Gasteiger partial charge is 0.313 e. The van der Waals surface area contributed by atoms with Gasteiger partial charge in [0.15, 0.2) is 0 Å². The molecule has 1 aliphatic heterocycles. The lowest BCUT2D eigenvalue weighted by molar-refractivity contribution is 0.266. The van der Waals surface area contributed by atoms with Gasteiger partial charge in [-0.25, -0.2) is 4.98 Å². The van der Waals surface area contributed by atoms with Crippen LogP contribution in [-0.2, 0) is 6.54 Å². The zero-order valence-electron chi connectivity index (χ0n) is 9.49. The van der Waals surface area contributed by atoms with Crippen LogP contribution in [0.1, 0.15) is 23.9 Å². The van der Waals surface area contributed by atoms with Crippen molar-refractivity contribution < 1.29 is 0 Å². The molecule has 0 aromatic carbocycles. The second kappa shape index (κ2) is 5.05. The molecule has 1 fully saturated rings. The molecule has 0 saturated carbocycles. The summed E-state index contributed by atoms with van der Waals surface area (Å²) in [6.07, 6.45) is 1.25. The third kappa shape index (κ3) is 3.00. The quantitative estimate of drug-likeness (QED) is 0.829. The van der Waals surface area contributed by atoms with Crippen molar-refractivity contribution in [3.8, 4) is 0 Å². The Kier molecular flexibility index (Phi) is 3.72. The second-order valence-electron chi connectivity index (χ2n) is 4.30. The maximum Gasteiger partial charge on any atom is 0.0798 e. The fourth-order valence-corrected chi connectivity index (χ4v) is 2.84. The van der Waals surface area contributed by atoms with Crippen molar-refractivity contribution in [3.05, 3.63) is 16.1 Å². The van der Waals surface area contributed by atoms with Crippen LogP contribution in [0.2, 0.25) is 0 Å². The van der Waals surface area contributed by atoms with Crippen LogP contribution in [0.15, 0.2) is 5.51 Å². The molecule has 2 rings (SSSR count). The van der Waals surface area contributed by atoms with E-state index in [4.69, 9.17) is 0 Å². The van der Waals surface area contributed by atoms with Gasteiger partial charge in [0.1, 0.15) is 0 Å². The molecule has 1 atom stereocenters. The van der Waals surface area contributed by atoms with E-state index in [2.05, 4.69) is 29.0 Å². The topological polar surface area (TPSA) is 28.2 Å². The summed E-state index contributed by atoms with van der Waals surface area (Å²) in [5.74, 6) is 0. The number of hydrogen-bond donors (Lipinski definition) is 1. The van der Waals surface area contributed by atoms with Gasteiger partial charge in [0.05, 0.1) is 11.2 Å². The SMILES string of the molecule is Cc1ncsc1CN1CCCNC(C)C1. The van der Waals surface area contributed by atoms with Gasteiger partial charge in [0.25, 0.3) is 0 Å². The molecule has 0 radical (unpaired) electrons. The Morgan fingerprint density at radius 3 is 3.27 bits per heavy atom. The average molecular weight is 225 g/mol. The van der Waals surface area contributed by atoms with Gasteiger partial charge < -0.3 is 5.32 Å². The van der Waals surface area contributed by atoms with Gasteiger partial charge >= 0.3 is 0 Å². The van der Waals surface area contributed by atoms with Crippen molar-refractivity contribution in [2.24, 2.45) is 0 Å². The highest BCUT2D eigenvalue weighted by Crippen LogP contribution is 2.15. The van der Waals surface area contributed by atoms with E-state index in [0.717, 1.165) is 19.6 Å². The van der Waals surface area contributed by atoms with Gasteiger partial charge in [-0.3, -0.25) is 4.90 Å². The van der Waals surface area contributed by atoms with Gasteiger partial charge in [-0.2, -0.15) is 0 Å². The first-order valence-corrected chi connectivity index (χ1v) is 6.48. The highest BCUT2D eigenvalue weighted by Gasteiger charge is 2.15. The van der Waals surface area contributed by atoms with Gasteiger partial charge in [-0.1, -0.05) is 0 Å². The van der Waals surface area contributed by atoms with E-state index in [0.29, 0.717) is 6.04 Å². The predicted molar refractivity (Wildman–Crippen MR) is 64.2 cm³/mol. The molecule has 1 aromatic heterocycles. The van der Waals surface area contributed by atoms with Crippen molar-refractivity contribution in [2.75, 3.05) is 19.6 Å². The van der Waals surface area contributed by atoms with Crippen molar-refractivity contribution in [1.29, 1.82) is 0 Å². The highest BCUT2D eigenvalue weighted by atomic mass is 32.1. The average Bonchev–Trinajstić information content (AvgIpc) is 2.48. The molecule has 4 heteroatoms. The predicted octanol–water partition coefficient (Wildman–Crippen LogP) is 1.64. The van der Waals surface area contributed by atoms with Crippen LogP contribution in [0.4, 0.5) is 0 Å². The van der Waals surface area contributed by atoms with E-state index >= 15 is 0 Å². The molecular formula is C11H19N3S. The molecule has 0 bridgehead atoms. The number of nitrogens with zero attached hydrogens (tertiary/aromatic N) is 2. The van der Waals surface area contributed by atoms with Gasteiger partial charge in [-0.15, -0.1) is 11.3 Å². The fourth-order valence-electron chi connectivity index (χ4n) is 2.02. The van der Waals surface area contributed by atoms with Gasteiger partial charge in [-0.05, 0) is 33.4 Å². The zero-order valence-corrected chi connectivity index (χ0v) is 10.3. The molecule has 0 spiro atoms. The van der Waals surface area contributed by atoms with E-state index in [-0.39, 0.29) is 0 Å². The third-order valence-corrected chi connectivity index (χ3v) is 3.81. The molecule has 1 aromatic rings. The summed E-state index contributed by atoms with van der Waals surface area (Å²) < 4.78 is 0. The molecule has 84 valence electrons. The van der Waals surface area contributed by atoms with Crippen LogP contribution >= 0.6 is 11.3 Å². The lowest BCUT2D eigenvalue weighted by Crippen LogP contribution is -2.34. The minimum absolute atomic E-state index is 0.612. The molecule has 1 N–H and O–H groups in total. The van der Waals surface area contributed by atoms with E-state index in [9.17, 15) is 0 Å². The summed E-state index contributed by atoms with van der Waals surface area (Å²) in [5, 5.41) is 3.51. The van der Waals surface area contributed by atoms with E-state index < -0.39 is 0 Å². The summed E-state index contributed by atoms with van der Waals surface area (Å²) in [6.45, 7) is 8.94. The van der Waals surface area contributed by atoms with Crippen LogP contribution in [-0.4, -0.2) is 35.6 Å². The Morgan fingerprint density at radius 1 is 1.67 bits per heavy atom. The second-order valence-corrected chi connectivity index (χ2v) is 5.24. The Labute approximate surface area is 95.5 Å². The maximum absolute atomic E-state index is 4.30. The number of aromatic nitrogens is 1. The molecule has 1 saturated heterocycles. The number of aryl methyl sites for hydroxylation is 1. The summed E-state index contributed by atoms with van der Waals surface area (Å²) in [5.41, 5.74) is 3.15. The third-order valence-electron chi connectivity index (χ3n) is 2.89. The van der Waals surface area contributed by atoms with Gasteiger partial charge in [0.2, 0.25) is 0 Å². The Hall–Kier alpha value is -0.450. The zero-order chi connectivity index (χ0) is 10.7. The van der Waals surface area contributed by atoms with Crippen LogP contribution in [0.3, 0.4) is 0 Å². The van der Waals surface area contributed by atoms with E-state index in [1.807, 2.05) is 5.51 Å². The van der Waals surface area contributed by atoms with Crippen LogP contribution in [0.5, 0.6) is 0 Å². The van der Waals surface area contributed by atoms with Crippen molar-refractivity contribution in [1.82, 2.24) is 15.2 Å². The normalized spacial score (nSPS) is 24.0. The number of rotatable bonds is 2. The molecule has 2 heterocycles. The Bertz CT molecular complexity index is 311. The van der Waals surface area contributed by atoms with Crippen molar-refractivity contribution in [2.45, 2.75) is 32.9 Å². The minimum Gasteiger partial charge on any atom is -0.313 e. The summed E-state index contributed by atoms with van der Waals surface area (Å²) >= 11 is 1.78.